The van der Waals surface area contributed by atoms with Gasteiger partial charge in [0, 0.05) is 32.0 Å². The van der Waals surface area contributed by atoms with Gasteiger partial charge in [0.05, 0.1) is 6.61 Å². The highest BCUT2D eigenvalue weighted by molar-refractivity contribution is 14.0. The number of nitrogens with zero attached hydrogens (tertiary/aromatic N) is 2. The molecular weight excluding hydrogens is 493 g/mol. The van der Waals surface area contributed by atoms with Gasteiger partial charge in [-0.2, -0.15) is 0 Å². The third kappa shape index (κ3) is 11.0. The molecule has 0 bridgehead atoms. The molecule has 1 aliphatic rings. The number of likely N-dealkylation sites (tertiary alicyclic amines) is 1. The number of primary amides is 1. The van der Waals surface area contributed by atoms with Gasteiger partial charge in [-0.15, -0.1) is 24.0 Å². The van der Waals surface area contributed by atoms with Gasteiger partial charge in [-0.3, -0.25) is 9.79 Å². The lowest BCUT2D eigenvalue weighted by molar-refractivity contribution is -0.123. The van der Waals surface area contributed by atoms with Gasteiger partial charge in [0.25, 0.3) is 0 Å². The molecule has 0 saturated carbocycles. The summed E-state index contributed by atoms with van der Waals surface area (Å²) in [6, 6.07) is 9.87. The van der Waals surface area contributed by atoms with Gasteiger partial charge < -0.3 is 26.0 Å². The van der Waals surface area contributed by atoms with Gasteiger partial charge in [0.15, 0.2) is 5.96 Å². The van der Waals surface area contributed by atoms with E-state index in [1.165, 1.54) is 0 Å². The van der Waals surface area contributed by atoms with Crippen molar-refractivity contribution in [2.45, 2.75) is 39.0 Å². The summed E-state index contributed by atoms with van der Waals surface area (Å²) >= 11 is 0. The molecule has 0 radical (unpaired) electrons. The molecule has 1 aromatic rings. The fourth-order valence-electron chi connectivity index (χ4n) is 3.41. The van der Waals surface area contributed by atoms with Crippen molar-refractivity contribution in [2.75, 3.05) is 45.9 Å². The quantitative estimate of drug-likeness (QED) is 0.167. The van der Waals surface area contributed by atoms with Crippen molar-refractivity contribution in [3.05, 3.63) is 30.3 Å². The van der Waals surface area contributed by atoms with Gasteiger partial charge in [0.1, 0.15) is 5.75 Å². The van der Waals surface area contributed by atoms with Crippen LogP contribution in [0.2, 0.25) is 0 Å². The summed E-state index contributed by atoms with van der Waals surface area (Å²) in [5, 5.41) is 6.70. The summed E-state index contributed by atoms with van der Waals surface area (Å²) in [4.78, 5) is 18.3. The second-order valence-electron chi connectivity index (χ2n) is 7.43. The van der Waals surface area contributed by atoms with E-state index in [2.05, 4.69) is 27.4 Å². The van der Waals surface area contributed by atoms with Crippen LogP contribution in [0.3, 0.4) is 0 Å². The number of rotatable bonds is 12. The van der Waals surface area contributed by atoms with Gasteiger partial charge >= 0.3 is 0 Å². The van der Waals surface area contributed by atoms with E-state index < -0.39 is 0 Å². The first-order valence-electron chi connectivity index (χ1n) is 10.9. The average Bonchev–Trinajstić information content (AvgIpc) is 2.74. The van der Waals surface area contributed by atoms with E-state index in [4.69, 9.17) is 10.5 Å². The van der Waals surface area contributed by atoms with E-state index >= 15 is 0 Å². The number of unbranched alkanes of at least 4 members (excludes halogenated alkanes) is 1. The van der Waals surface area contributed by atoms with Crippen molar-refractivity contribution in [1.82, 2.24) is 15.5 Å². The summed E-state index contributed by atoms with van der Waals surface area (Å²) in [5.74, 6) is 1.70. The number of guanidine groups is 1. The van der Waals surface area contributed by atoms with Crippen LogP contribution >= 0.6 is 24.0 Å². The maximum Gasteiger partial charge on any atom is 0.220 e. The third-order valence-corrected chi connectivity index (χ3v) is 5.11. The lowest BCUT2D eigenvalue weighted by atomic mass is 9.96. The van der Waals surface area contributed by atoms with Crippen LogP contribution in [0.5, 0.6) is 5.75 Å². The Morgan fingerprint density at radius 3 is 2.57 bits per heavy atom. The molecule has 0 unspecified atom stereocenters. The predicted octanol–water partition coefficient (Wildman–Crippen LogP) is 2.61. The molecule has 1 aromatic carbocycles. The smallest absolute Gasteiger partial charge is 0.220 e. The first kappa shape index (κ1) is 26.5. The Balaban J connectivity index is 0.00000450. The highest BCUT2D eigenvalue weighted by Crippen LogP contribution is 2.16. The van der Waals surface area contributed by atoms with E-state index in [1.54, 1.807) is 0 Å². The number of nitrogens with one attached hydrogen (secondary N) is 2. The molecule has 0 aliphatic carbocycles. The van der Waals surface area contributed by atoms with Gasteiger partial charge in [-0.05, 0) is 64.4 Å². The number of carbonyl (C=O) groups is 1. The molecule has 2 rings (SSSR count). The number of aliphatic imine (C=N–C) groups is 1. The number of nitrogens with two attached hydrogens (primary N) is 1. The Hall–Kier alpha value is -1.55. The average molecular weight is 531 g/mol. The molecule has 0 spiro atoms. The molecule has 0 atom stereocenters. The fraction of sp³-hybridized carbons (Fsp3) is 0.636. The molecule has 8 heteroatoms. The summed E-state index contributed by atoms with van der Waals surface area (Å²) in [7, 11) is 0. The summed E-state index contributed by atoms with van der Waals surface area (Å²) in [6.07, 6.45) is 4.92. The molecule has 4 N–H and O–H groups in total. The van der Waals surface area contributed by atoms with E-state index in [0.717, 1.165) is 83.1 Å². The van der Waals surface area contributed by atoms with Crippen LogP contribution < -0.4 is 21.1 Å². The number of hydrogen-bond donors (Lipinski definition) is 3. The molecule has 1 aliphatic heterocycles. The topological polar surface area (TPSA) is 92.0 Å². The largest absolute Gasteiger partial charge is 0.494 e. The highest BCUT2D eigenvalue weighted by Gasteiger charge is 2.22. The Labute approximate surface area is 198 Å². The first-order valence-corrected chi connectivity index (χ1v) is 10.9. The van der Waals surface area contributed by atoms with Crippen molar-refractivity contribution in [3.63, 3.8) is 0 Å². The lowest BCUT2D eigenvalue weighted by Crippen LogP contribution is -2.39. The molecule has 1 heterocycles. The molecule has 30 heavy (non-hydrogen) atoms. The molecular formula is C22H38IN5O2. The Morgan fingerprint density at radius 2 is 1.90 bits per heavy atom. The molecule has 1 saturated heterocycles. The first-order chi connectivity index (χ1) is 14.2. The predicted molar refractivity (Wildman–Crippen MR) is 134 cm³/mol. The minimum absolute atomic E-state index is 0. The summed E-state index contributed by atoms with van der Waals surface area (Å²) in [5.41, 5.74) is 5.39. The van der Waals surface area contributed by atoms with Crippen LogP contribution in [0, 0.1) is 5.92 Å². The normalized spacial score (nSPS) is 15.3. The number of amides is 1. The van der Waals surface area contributed by atoms with E-state index in [9.17, 15) is 4.79 Å². The SMILES string of the molecule is CCNC(=NCCCOc1ccccc1)NCCCCN1CCC(C(N)=O)CC1.I. The fourth-order valence-corrected chi connectivity index (χ4v) is 3.41. The van der Waals surface area contributed by atoms with Crippen LogP contribution in [-0.4, -0.2) is 62.6 Å². The Bertz CT molecular complexity index is 607. The molecule has 170 valence electrons. The maximum absolute atomic E-state index is 11.2. The van der Waals surface area contributed by atoms with Crippen molar-refractivity contribution in [2.24, 2.45) is 16.6 Å². The second kappa shape index (κ2) is 16.2. The zero-order valence-corrected chi connectivity index (χ0v) is 20.5. The summed E-state index contributed by atoms with van der Waals surface area (Å²) in [6.45, 7) is 8.27. The van der Waals surface area contributed by atoms with Gasteiger partial charge in [0.2, 0.25) is 5.91 Å². The van der Waals surface area contributed by atoms with E-state index in [-0.39, 0.29) is 35.8 Å². The van der Waals surface area contributed by atoms with Gasteiger partial charge in [-0.1, -0.05) is 18.2 Å². The minimum atomic E-state index is -0.143. The van der Waals surface area contributed by atoms with Crippen LogP contribution in [0.15, 0.2) is 35.3 Å². The lowest BCUT2D eigenvalue weighted by Gasteiger charge is -2.30. The number of benzene rings is 1. The van der Waals surface area contributed by atoms with Crippen LogP contribution in [-0.2, 0) is 4.79 Å². The number of hydrogen-bond acceptors (Lipinski definition) is 4. The number of carbonyl (C=O) groups excluding carboxylic acids is 1. The standard InChI is InChI=1S/C22H37N5O2.HI/c1-2-24-22(26-14-8-18-29-20-9-4-3-5-10-20)25-13-6-7-15-27-16-11-19(12-17-27)21(23)28;/h3-5,9-10,19H,2,6-8,11-18H2,1H3,(H2,23,28)(H2,24,25,26);1H. The van der Waals surface area contributed by atoms with Crippen molar-refractivity contribution < 1.29 is 9.53 Å². The monoisotopic (exact) mass is 531 g/mol. The number of piperidine rings is 1. The highest BCUT2D eigenvalue weighted by atomic mass is 127. The zero-order valence-electron chi connectivity index (χ0n) is 18.1. The van der Waals surface area contributed by atoms with Crippen LogP contribution in [0.25, 0.3) is 0 Å². The Morgan fingerprint density at radius 1 is 1.17 bits per heavy atom. The molecule has 0 aromatic heterocycles. The Kier molecular flexibility index (Phi) is 14.3. The van der Waals surface area contributed by atoms with Crippen LogP contribution in [0.4, 0.5) is 0 Å². The van der Waals surface area contributed by atoms with Crippen molar-refractivity contribution in [1.29, 1.82) is 0 Å². The van der Waals surface area contributed by atoms with Crippen molar-refractivity contribution in [3.8, 4) is 5.75 Å². The number of para-hydroxylation sites is 1. The van der Waals surface area contributed by atoms with E-state index in [1.807, 2.05) is 30.3 Å². The maximum atomic E-state index is 11.2. The summed E-state index contributed by atoms with van der Waals surface area (Å²) < 4.78 is 5.70. The molecule has 7 nitrogen and oxygen atoms in total. The number of ether oxygens (including phenoxy) is 1. The van der Waals surface area contributed by atoms with Crippen LogP contribution in [0.1, 0.15) is 39.0 Å². The molecule has 1 fully saturated rings. The van der Waals surface area contributed by atoms with Crippen molar-refractivity contribution >= 4 is 35.8 Å². The third-order valence-electron chi connectivity index (χ3n) is 5.11. The second-order valence-corrected chi connectivity index (χ2v) is 7.43. The zero-order chi connectivity index (χ0) is 20.7. The molecule has 1 amide bonds. The van der Waals surface area contributed by atoms with Gasteiger partial charge in [-0.25, -0.2) is 0 Å². The van der Waals surface area contributed by atoms with E-state index in [0.29, 0.717) is 6.61 Å². The minimum Gasteiger partial charge on any atom is -0.494 e. The number of halogens is 1.